The molecule has 1 aliphatic rings. The maximum atomic E-state index is 10.9. The van der Waals surface area contributed by atoms with Crippen LogP contribution < -0.4 is 46.1 Å². The molecule has 1 aromatic rings. The topological polar surface area (TPSA) is 123 Å². The molecule has 1 fully saturated rings. The molecule has 0 bridgehead atoms. The van der Waals surface area contributed by atoms with Gasteiger partial charge in [-0.15, -0.1) is 11.7 Å². The van der Waals surface area contributed by atoms with Gasteiger partial charge in [0.2, 0.25) is 0 Å². The molecule has 1 aromatic heterocycles. The van der Waals surface area contributed by atoms with Crippen LogP contribution in [0.3, 0.4) is 0 Å². The van der Waals surface area contributed by atoms with E-state index in [-0.39, 0.29) is 47.9 Å². The number of hydrogen-bond acceptors (Lipinski definition) is 5. The first-order chi connectivity index (χ1) is 8.11. The molecule has 1 amide bonds. The molecular formula is C10H18N5NaO2. The number of primary amides is 1. The summed E-state index contributed by atoms with van der Waals surface area (Å²) in [5, 5.41) is 16.5. The molecule has 4 N–H and O–H groups in total. The molecule has 1 aliphatic carbocycles. The van der Waals surface area contributed by atoms with E-state index in [0.717, 1.165) is 12.8 Å². The third kappa shape index (κ3) is 4.24. The number of nitrogens with two attached hydrogens (primary N) is 2. The zero-order valence-electron chi connectivity index (χ0n) is 10.9. The van der Waals surface area contributed by atoms with Crippen LogP contribution in [0.25, 0.3) is 0 Å². The van der Waals surface area contributed by atoms with Gasteiger partial charge in [-0.1, -0.05) is 25.0 Å². The van der Waals surface area contributed by atoms with Crippen molar-refractivity contribution in [3.05, 3.63) is 5.69 Å². The second-order valence-electron chi connectivity index (χ2n) is 3.86. The van der Waals surface area contributed by atoms with Crippen molar-refractivity contribution in [1.82, 2.24) is 15.0 Å². The van der Waals surface area contributed by atoms with Crippen molar-refractivity contribution < 1.29 is 39.5 Å². The van der Waals surface area contributed by atoms with E-state index in [1.165, 1.54) is 12.8 Å². The predicted molar refractivity (Wildman–Crippen MR) is 61.0 cm³/mol. The number of hydrogen-bond donors (Lipinski definition) is 2. The van der Waals surface area contributed by atoms with Crippen LogP contribution in [0, 0.1) is 0 Å². The molecule has 18 heavy (non-hydrogen) atoms. The SMILES string of the molecule is CC[O-].NC(=O)c1nnn(C2CCCC2)c1N.[Na+]. The summed E-state index contributed by atoms with van der Waals surface area (Å²) in [6, 6.07) is 0.288. The van der Waals surface area contributed by atoms with Gasteiger partial charge >= 0.3 is 29.6 Å². The van der Waals surface area contributed by atoms with Gasteiger partial charge in [0.1, 0.15) is 0 Å². The van der Waals surface area contributed by atoms with Crippen LogP contribution in [0.15, 0.2) is 0 Å². The van der Waals surface area contributed by atoms with Crippen molar-refractivity contribution in [2.24, 2.45) is 5.73 Å². The van der Waals surface area contributed by atoms with Crippen LogP contribution in [0.5, 0.6) is 0 Å². The van der Waals surface area contributed by atoms with Crippen molar-refractivity contribution >= 4 is 11.7 Å². The standard InChI is InChI=1S/C8H13N5O.C2H5O.Na/c9-7-6(8(10)14)11-12-13(7)5-3-1-2-4-5;1-2-3;/h5H,1-4,9H2,(H2,10,14);2H2,1H3;/q;-1;+1. The third-order valence-electron chi connectivity index (χ3n) is 2.63. The molecule has 2 rings (SSSR count). The first-order valence-electron chi connectivity index (χ1n) is 5.70. The summed E-state index contributed by atoms with van der Waals surface area (Å²) in [6.45, 7) is 1.57. The van der Waals surface area contributed by atoms with Gasteiger partial charge in [0, 0.05) is 0 Å². The number of carbonyl (C=O) groups is 1. The summed E-state index contributed by atoms with van der Waals surface area (Å²) in [6.07, 6.45) is 4.45. The molecule has 0 saturated heterocycles. The number of rotatable bonds is 2. The number of nitrogens with zero attached hydrogens (tertiary/aromatic N) is 3. The fraction of sp³-hybridized carbons (Fsp3) is 0.700. The summed E-state index contributed by atoms with van der Waals surface area (Å²) in [5.74, 6) is -0.323. The van der Waals surface area contributed by atoms with Crippen LogP contribution in [0.1, 0.15) is 49.1 Å². The van der Waals surface area contributed by atoms with Crippen LogP contribution in [-0.2, 0) is 0 Å². The third-order valence-corrected chi connectivity index (χ3v) is 2.63. The van der Waals surface area contributed by atoms with E-state index in [1.54, 1.807) is 11.6 Å². The van der Waals surface area contributed by atoms with Crippen LogP contribution in [0.2, 0.25) is 0 Å². The van der Waals surface area contributed by atoms with Gasteiger partial charge < -0.3 is 16.6 Å². The van der Waals surface area contributed by atoms with Gasteiger partial charge in [-0.3, -0.25) is 4.79 Å². The van der Waals surface area contributed by atoms with E-state index >= 15 is 0 Å². The Morgan fingerprint density at radius 3 is 2.39 bits per heavy atom. The van der Waals surface area contributed by atoms with Crippen molar-refractivity contribution in [2.75, 3.05) is 12.3 Å². The molecule has 7 nitrogen and oxygen atoms in total. The van der Waals surface area contributed by atoms with E-state index in [1.807, 2.05) is 0 Å². The Balaban J connectivity index is 0.000000660. The maximum Gasteiger partial charge on any atom is 1.00 e. The first-order valence-corrected chi connectivity index (χ1v) is 5.70. The number of carbonyl (C=O) groups excluding carboxylic acids is 1. The van der Waals surface area contributed by atoms with E-state index < -0.39 is 5.91 Å². The van der Waals surface area contributed by atoms with E-state index in [4.69, 9.17) is 16.6 Å². The van der Waals surface area contributed by atoms with Gasteiger partial charge in [0.25, 0.3) is 5.91 Å². The zero-order valence-corrected chi connectivity index (χ0v) is 12.9. The molecule has 0 radical (unpaired) electrons. The van der Waals surface area contributed by atoms with Gasteiger partial charge in [-0.2, -0.15) is 0 Å². The second kappa shape index (κ2) is 8.47. The van der Waals surface area contributed by atoms with Crippen molar-refractivity contribution in [1.29, 1.82) is 0 Å². The van der Waals surface area contributed by atoms with Gasteiger partial charge in [-0.05, 0) is 12.8 Å². The Morgan fingerprint density at radius 2 is 2.00 bits per heavy atom. The maximum absolute atomic E-state index is 10.9. The first kappa shape index (κ1) is 17.4. The molecule has 0 atom stereocenters. The number of amides is 1. The molecule has 8 heteroatoms. The normalized spacial score (nSPS) is 14.6. The minimum Gasteiger partial charge on any atom is -0.855 e. The van der Waals surface area contributed by atoms with Gasteiger partial charge in [-0.25, -0.2) is 4.68 Å². The van der Waals surface area contributed by atoms with Crippen LogP contribution in [-0.4, -0.2) is 27.5 Å². The molecule has 0 spiro atoms. The van der Waals surface area contributed by atoms with Crippen molar-refractivity contribution in [3.63, 3.8) is 0 Å². The molecule has 1 heterocycles. The fourth-order valence-electron chi connectivity index (χ4n) is 1.89. The summed E-state index contributed by atoms with van der Waals surface area (Å²) < 4.78 is 1.62. The summed E-state index contributed by atoms with van der Waals surface area (Å²) >= 11 is 0. The Bertz CT molecular complexity index is 376. The monoisotopic (exact) mass is 263 g/mol. The average Bonchev–Trinajstić information content (AvgIpc) is 2.86. The molecular weight excluding hydrogens is 245 g/mol. The number of anilines is 1. The second-order valence-corrected chi connectivity index (χ2v) is 3.86. The van der Waals surface area contributed by atoms with Crippen LogP contribution >= 0.6 is 0 Å². The Hall–Kier alpha value is -0.630. The fourth-order valence-corrected chi connectivity index (χ4v) is 1.89. The molecule has 1 saturated carbocycles. The minimum atomic E-state index is -0.619. The van der Waals surface area contributed by atoms with Gasteiger partial charge in [0.15, 0.2) is 11.5 Å². The Kier molecular flexibility index (Phi) is 8.17. The average molecular weight is 263 g/mol. The van der Waals surface area contributed by atoms with Crippen molar-refractivity contribution in [3.8, 4) is 0 Å². The van der Waals surface area contributed by atoms with E-state index in [9.17, 15) is 4.79 Å². The van der Waals surface area contributed by atoms with Crippen LogP contribution in [0.4, 0.5) is 5.82 Å². The summed E-state index contributed by atoms with van der Waals surface area (Å²) in [4.78, 5) is 10.9. The smallest absolute Gasteiger partial charge is 0.855 e. The number of aromatic nitrogens is 3. The van der Waals surface area contributed by atoms with Crippen molar-refractivity contribution in [2.45, 2.75) is 38.6 Å². The predicted octanol–water partition coefficient (Wildman–Crippen LogP) is -3.56. The summed E-state index contributed by atoms with van der Waals surface area (Å²) in [7, 11) is 0. The quantitative estimate of drug-likeness (QED) is 0.535. The molecule has 0 aromatic carbocycles. The molecule has 0 aliphatic heterocycles. The van der Waals surface area contributed by atoms with E-state index in [0.29, 0.717) is 5.82 Å². The minimum absolute atomic E-state index is 0. The zero-order chi connectivity index (χ0) is 12.8. The molecule has 0 unspecified atom stereocenters. The largest absolute Gasteiger partial charge is 1.00 e. The van der Waals surface area contributed by atoms with E-state index in [2.05, 4.69) is 10.3 Å². The Morgan fingerprint density at radius 1 is 1.50 bits per heavy atom. The summed E-state index contributed by atoms with van der Waals surface area (Å²) in [5.41, 5.74) is 10.9. The van der Waals surface area contributed by atoms with Gasteiger partial charge in [0.05, 0.1) is 6.04 Å². The Labute approximate surface area is 128 Å². The molecule has 96 valence electrons. The number of nitrogen functional groups attached to an aromatic ring is 1.